The molecule has 1 aromatic heterocycles. The fraction of sp³-hybridized carbons (Fsp3) is 0.0968. The van der Waals surface area contributed by atoms with Gasteiger partial charge >= 0.3 is 0 Å². The van der Waals surface area contributed by atoms with E-state index in [1.807, 2.05) is 0 Å². The Morgan fingerprint density at radius 3 is 1.76 bits per heavy atom. The van der Waals surface area contributed by atoms with Gasteiger partial charge in [0.15, 0.2) is 0 Å². The van der Waals surface area contributed by atoms with Gasteiger partial charge in [-0.15, -0.1) is 0 Å². The molecule has 0 fully saturated rings. The zero-order valence-corrected chi connectivity index (χ0v) is 19.9. The normalized spacial score (nSPS) is 16.5. The first-order valence-corrected chi connectivity index (χ1v) is 14.0. The van der Waals surface area contributed by atoms with E-state index in [2.05, 4.69) is 139 Å². The lowest BCUT2D eigenvalue weighted by molar-refractivity contribution is 1.04. The van der Waals surface area contributed by atoms with E-state index in [0.29, 0.717) is 5.54 Å². The quantitative estimate of drug-likeness (QED) is 0.310. The van der Waals surface area contributed by atoms with Gasteiger partial charge in [0.25, 0.3) is 0 Å². The monoisotopic (exact) mass is 441 g/mol. The molecule has 0 N–H and O–H groups in total. The second kappa shape index (κ2) is 8.06. The van der Waals surface area contributed by atoms with Crippen LogP contribution in [-0.2, 0) is 6.04 Å². The van der Waals surface area contributed by atoms with Crippen LogP contribution in [0.3, 0.4) is 0 Å². The zero-order chi connectivity index (χ0) is 22.3. The number of nitrogens with zero attached hydrogens (tertiary/aromatic N) is 1. The molecule has 1 atom stereocenters. The Morgan fingerprint density at radius 1 is 0.636 bits per heavy atom. The SMILES string of the molecule is Cc1ccc(-n2cc3c(c2)C(c2ccccc2)[Si](c2ccccc2)(c2ccccc2)C3)cc1. The lowest BCUT2D eigenvalue weighted by Gasteiger charge is -2.36. The fourth-order valence-electron chi connectivity index (χ4n) is 5.74. The maximum atomic E-state index is 2.40. The van der Waals surface area contributed by atoms with Crippen molar-refractivity contribution in [2.75, 3.05) is 0 Å². The van der Waals surface area contributed by atoms with Crippen LogP contribution in [-0.4, -0.2) is 12.6 Å². The van der Waals surface area contributed by atoms with Gasteiger partial charge in [0.2, 0.25) is 0 Å². The third-order valence-corrected chi connectivity index (χ3v) is 12.6. The Morgan fingerprint density at radius 2 is 1.18 bits per heavy atom. The van der Waals surface area contributed by atoms with E-state index >= 15 is 0 Å². The number of hydrogen-bond acceptors (Lipinski definition) is 0. The summed E-state index contributed by atoms with van der Waals surface area (Å²) < 4.78 is 2.33. The lowest BCUT2D eigenvalue weighted by Crippen LogP contribution is -2.62. The van der Waals surface area contributed by atoms with Gasteiger partial charge in [0, 0.05) is 23.6 Å². The van der Waals surface area contributed by atoms with Gasteiger partial charge < -0.3 is 4.57 Å². The van der Waals surface area contributed by atoms with Gasteiger partial charge in [-0.2, -0.15) is 0 Å². The third-order valence-electron chi connectivity index (χ3n) is 7.26. The Bertz CT molecular complexity index is 1330. The molecular weight excluding hydrogens is 414 g/mol. The second-order valence-electron chi connectivity index (χ2n) is 9.21. The Balaban J connectivity index is 1.59. The fourth-order valence-corrected chi connectivity index (χ4v) is 11.4. The van der Waals surface area contributed by atoms with Crippen LogP contribution in [0.4, 0.5) is 0 Å². The summed E-state index contributed by atoms with van der Waals surface area (Å²) in [5.41, 5.74) is 7.31. The van der Waals surface area contributed by atoms with Crippen LogP contribution >= 0.6 is 0 Å². The molecule has 2 heteroatoms. The minimum Gasteiger partial charge on any atom is -0.323 e. The molecule has 0 spiro atoms. The molecular formula is C31H27NSi. The van der Waals surface area contributed by atoms with Crippen LogP contribution < -0.4 is 10.4 Å². The van der Waals surface area contributed by atoms with Crippen LogP contribution in [0.15, 0.2) is 128 Å². The Kier molecular flexibility index (Phi) is 4.89. The van der Waals surface area contributed by atoms with Crippen LogP contribution in [0.25, 0.3) is 5.69 Å². The highest BCUT2D eigenvalue weighted by Crippen LogP contribution is 2.44. The number of benzene rings is 4. The predicted octanol–water partition coefficient (Wildman–Crippen LogP) is 5.82. The molecule has 0 saturated carbocycles. The number of aromatic nitrogens is 1. The van der Waals surface area contributed by atoms with Crippen molar-refractivity contribution >= 4 is 18.4 Å². The summed E-state index contributed by atoms with van der Waals surface area (Å²) in [5.74, 6) is 0. The van der Waals surface area contributed by atoms with E-state index in [9.17, 15) is 0 Å². The summed E-state index contributed by atoms with van der Waals surface area (Å²) in [6, 6.07) is 43.7. The van der Waals surface area contributed by atoms with Gasteiger partial charge in [-0.3, -0.25) is 0 Å². The maximum absolute atomic E-state index is 2.40. The summed E-state index contributed by atoms with van der Waals surface area (Å²) in [6.45, 7) is 2.14. The van der Waals surface area contributed by atoms with Gasteiger partial charge in [-0.25, -0.2) is 0 Å². The predicted molar refractivity (Wildman–Crippen MR) is 140 cm³/mol. The lowest BCUT2D eigenvalue weighted by atomic mass is 10.0. The minimum atomic E-state index is -2.15. The number of hydrogen-bond donors (Lipinski definition) is 0. The molecule has 6 rings (SSSR count). The van der Waals surface area contributed by atoms with Crippen molar-refractivity contribution in [3.8, 4) is 5.69 Å². The highest BCUT2D eigenvalue weighted by Gasteiger charge is 2.52. The van der Waals surface area contributed by atoms with Gasteiger partial charge in [0.05, 0.1) is 0 Å². The summed E-state index contributed by atoms with van der Waals surface area (Å²) in [4.78, 5) is 0. The van der Waals surface area contributed by atoms with E-state index in [-0.39, 0.29) is 0 Å². The number of aryl methyl sites for hydroxylation is 1. The Labute approximate surface area is 197 Å². The molecule has 1 unspecified atom stereocenters. The molecule has 0 amide bonds. The molecule has 0 radical (unpaired) electrons. The van der Waals surface area contributed by atoms with E-state index < -0.39 is 8.07 Å². The highest BCUT2D eigenvalue weighted by molar-refractivity contribution is 7.03. The average Bonchev–Trinajstić information content (AvgIpc) is 3.42. The number of rotatable bonds is 4. The highest BCUT2D eigenvalue weighted by atomic mass is 28.3. The van der Waals surface area contributed by atoms with Gasteiger partial charge in [-0.05, 0) is 41.8 Å². The zero-order valence-electron chi connectivity index (χ0n) is 18.9. The standard InChI is InChI=1S/C31H27NSi/c1-24-17-19-27(20-18-24)32-21-26-23-33(28-13-7-3-8-14-28,29-15-9-4-10-16-29)31(30(26)22-32)25-11-5-2-6-12-25/h2-22,31H,23H2,1H3. The van der Waals surface area contributed by atoms with Gasteiger partial charge in [0.1, 0.15) is 8.07 Å². The smallest absolute Gasteiger partial charge is 0.133 e. The molecule has 0 aliphatic carbocycles. The molecule has 0 bridgehead atoms. The summed E-state index contributed by atoms with van der Waals surface area (Å²) in [7, 11) is -2.15. The summed E-state index contributed by atoms with van der Waals surface area (Å²) in [6.07, 6.45) is 4.79. The molecule has 1 aliphatic rings. The van der Waals surface area contributed by atoms with E-state index in [1.165, 1.54) is 38.3 Å². The Hall–Kier alpha value is -3.62. The molecule has 2 heterocycles. The molecule has 1 aliphatic heterocycles. The molecule has 160 valence electrons. The van der Waals surface area contributed by atoms with Crippen molar-refractivity contribution < 1.29 is 0 Å². The van der Waals surface area contributed by atoms with Crippen LogP contribution in [0.1, 0.15) is 27.8 Å². The van der Waals surface area contributed by atoms with Crippen molar-refractivity contribution in [2.24, 2.45) is 0 Å². The third kappa shape index (κ3) is 3.30. The first-order valence-electron chi connectivity index (χ1n) is 11.7. The molecule has 5 aromatic rings. The molecule has 33 heavy (non-hydrogen) atoms. The second-order valence-corrected chi connectivity index (χ2v) is 13.2. The average molecular weight is 442 g/mol. The van der Waals surface area contributed by atoms with E-state index in [4.69, 9.17) is 0 Å². The summed E-state index contributed by atoms with van der Waals surface area (Å²) in [5, 5.41) is 3.03. The van der Waals surface area contributed by atoms with Crippen molar-refractivity contribution in [1.29, 1.82) is 0 Å². The van der Waals surface area contributed by atoms with E-state index in [1.54, 1.807) is 0 Å². The van der Waals surface area contributed by atoms with Crippen LogP contribution in [0.2, 0.25) is 0 Å². The van der Waals surface area contributed by atoms with Gasteiger partial charge in [-0.1, -0.05) is 119 Å². The summed E-state index contributed by atoms with van der Waals surface area (Å²) >= 11 is 0. The van der Waals surface area contributed by atoms with Crippen LogP contribution in [0.5, 0.6) is 0 Å². The van der Waals surface area contributed by atoms with Crippen molar-refractivity contribution in [3.63, 3.8) is 0 Å². The first kappa shape index (κ1) is 20.0. The van der Waals surface area contributed by atoms with Crippen molar-refractivity contribution in [1.82, 2.24) is 4.57 Å². The van der Waals surface area contributed by atoms with E-state index in [0.717, 1.165) is 6.04 Å². The number of fused-ring (bicyclic) bond motifs is 1. The topological polar surface area (TPSA) is 4.93 Å². The molecule has 4 aromatic carbocycles. The first-order chi connectivity index (χ1) is 16.3. The molecule has 1 nitrogen and oxygen atoms in total. The van der Waals surface area contributed by atoms with Crippen LogP contribution in [0, 0.1) is 6.92 Å². The maximum Gasteiger partial charge on any atom is 0.133 e. The largest absolute Gasteiger partial charge is 0.323 e. The molecule has 0 saturated heterocycles. The van der Waals surface area contributed by atoms with Crippen molar-refractivity contribution in [2.45, 2.75) is 18.5 Å². The van der Waals surface area contributed by atoms with Crippen molar-refractivity contribution in [3.05, 3.63) is 150 Å². The minimum absolute atomic E-state index is 0.380.